The first-order valence-corrected chi connectivity index (χ1v) is 21.5. The van der Waals surface area contributed by atoms with Crippen LogP contribution in [0.15, 0.2) is 30.3 Å². The van der Waals surface area contributed by atoms with Gasteiger partial charge in [0.2, 0.25) is 16.0 Å². The Morgan fingerprint density at radius 1 is 1.09 bits per heavy atom. The number of hydrogen-bond donors (Lipinski definition) is 0. The van der Waals surface area contributed by atoms with Crippen molar-refractivity contribution in [2.24, 2.45) is 0 Å². The fourth-order valence-electron chi connectivity index (χ4n) is 4.19. The second-order valence-corrected chi connectivity index (χ2v) is 21.6. The van der Waals surface area contributed by atoms with Gasteiger partial charge in [-0.2, -0.15) is 0 Å². The van der Waals surface area contributed by atoms with Crippen LogP contribution in [0.25, 0.3) is 17.3 Å². The van der Waals surface area contributed by atoms with Crippen LogP contribution in [0.5, 0.6) is 0 Å². The standard InChI is InChI=1S/C31H49FN3O7PSSi/c1-12-40-43(37,41-13-2)21-26(42-45(10,11)31(5,6)7)20-25(36)18-19-27-28(22(3)4)33-30(35(8)44(9,38)39)34-29(27)23-14-16-24(32)17-15-23/h14-19,22,26H,12-13,20-21H2,1-11H3/t26-/m1/s1. The molecule has 0 bridgehead atoms. The van der Waals surface area contributed by atoms with E-state index in [4.69, 9.17) is 13.5 Å². The van der Waals surface area contributed by atoms with E-state index in [0.29, 0.717) is 22.5 Å². The highest BCUT2D eigenvalue weighted by Crippen LogP contribution is 2.50. The molecular weight excluding hydrogens is 636 g/mol. The molecule has 1 atom stereocenters. The predicted octanol–water partition coefficient (Wildman–Crippen LogP) is 7.43. The Balaban J connectivity index is 2.63. The molecule has 45 heavy (non-hydrogen) atoms. The van der Waals surface area contributed by atoms with Crippen LogP contribution in [0, 0.1) is 5.82 Å². The largest absolute Gasteiger partial charge is 0.413 e. The van der Waals surface area contributed by atoms with E-state index in [9.17, 15) is 22.2 Å². The number of carbonyl (C=O) groups is 1. The number of carbonyl (C=O) groups excluding carboxylic acids is 1. The van der Waals surface area contributed by atoms with Gasteiger partial charge in [-0.15, -0.1) is 0 Å². The van der Waals surface area contributed by atoms with Gasteiger partial charge in [0, 0.05) is 24.6 Å². The number of ketones is 1. The monoisotopic (exact) mass is 685 g/mol. The molecule has 0 unspecified atom stereocenters. The van der Waals surface area contributed by atoms with Crippen molar-refractivity contribution in [1.29, 1.82) is 0 Å². The summed E-state index contributed by atoms with van der Waals surface area (Å²) in [4.78, 5) is 22.6. The Morgan fingerprint density at radius 3 is 2.11 bits per heavy atom. The molecule has 2 aromatic rings. The van der Waals surface area contributed by atoms with Gasteiger partial charge in [-0.25, -0.2) is 27.1 Å². The maximum atomic E-state index is 13.8. The van der Waals surface area contributed by atoms with E-state index in [2.05, 4.69) is 43.8 Å². The van der Waals surface area contributed by atoms with Crippen LogP contribution in [-0.2, 0) is 32.9 Å². The van der Waals surface area contributed by atoms with E-state index in [1.807, 2.05) is 13.8 Å². The lowest BCUT2D eigenvalue weighted by molar-refractivity contribution is -0.115. The summed E-state index contributed by atoms with van der Waals surface area (Å²) in [6.07, 6.45) is 3.16. The number of sulfonamides is 1. The molecule has 1 aromatic heterocycles. The summed E-state index contributed by atoms with van der Waals surface area (Å²) in [5.74, 6) is -0.974. The molecule has 2 rings (SSSR count). The van der Waals surface area contributed by atoms with E-state index in [0.717, 1.165) is 10.6 Å². The molecule has 1 heterocycles. The molecule has 10 nitrogen and oxygen atoms in total. The fourth-order valence-corrected chi connectivity index (χ4v) is 7.83. The highest BCUT2D eigenvalue weighted by molar-refractivity contribution is 7.92. The van der Waals surface area contributed by atoms with Gasteiger partial charge in [0.1, 0.15) is 5.82 Å². The number of rotatable bonds is 16. The zero-order valence-corrected chi connectivity index (χ0v) is 31.1. The number of anilines is 1. The molecule has 0 aliphatic heterocycles. The first kappa shape index (κ1) is 38.9. The van der Waals surface area contributed by atoms with Gasteiger partial charge in [0.15, 0.2) is 14.1 Å². The smallest absolute Gasteiger partial charge is 0.333 e. The number of halogens is 1. The molecule has 14 heteroatoms. The Kier molecular flexibility index (Phi) is 13.4. The first-order chi connectivity index (χ1) is 20.6. The lowest BCUT2D eigenvalue weighted by Gasteiger charge is -2.39. The van der Waals surface area contributed by atoms with Crippen molar-refractivity contribution in [3.8, 4) is 11.3 Å². The summed E-state index contributed by atoms with van der Waals surface area (Å²) >= 11 is 0. The van der Waals surface area contributed by atoms with E-state index in [1.54, 1.807) is 19.9 Å². The molecule has 0 radical (unpaired) electrons. The number of nitrogens with zero attached hydrogens (tertiary/aromatic N) is 3. The van der Waals surface area contributed by atoms with Crippen molar-refractivity contribution < 1.29 is 35.6 Å². The van der Waals surface area contributed by atoms with Crippen LogP contribution < -0.4 is 4.31 Å². The Morgan fingerprint density at radius 2 is 1.64 bits per heavy atom. The molecule has 0 fully saturated rings. The third-order valence-electron chi connectivity index (χ3n) is 7.62. The Bertz CT molecular complexity index is 1500. The van der Waals surface area contributed by atoms with Crippen molar-refractivity contribution in [3.63, 3.8) is 0 Å². The molecule has 0 N–H and O–H groups in total. The zero-order valence-electron chi connectivity index (χ0n) is 28.4. The molecule has 252 valence electrons. The minimum absolute atomic E-state index is 0.0468. The van der Waals surface area contributed by atoms with Gasteiger partial charge >= 0.3 is 7.60 Å². The van der Waals surface area contributed by atoms with Crippen molar-refractivity contribution in [2.75, 3.05) is 37.0 Å². The summed E-state index contributed by atoms with van der Waals surface area (Å²) in [6, 6.07) is 5.63. The quantitative estimate of drug-likeness (QED) is 0.101. The predicted molar refractivity (Wildman–Crippen MR) is 181 cm³/mol. The summed E-state index contributed by atoms with van der Waals surface area (Å²) in [5, 5.41) is -0.167. The van der Waals surface area contributed by atoms with Gasteiger partial charge in [0.25, 0.3) is 0 Å². The normalized spacial score (nSPS) is 13.9. The summed E-state index contributed by atoms with van der Waals surface area (Å²) in [6.45, 7) is 18.0. The molecule has 0 spiro atoms. The van der Waals surface area contributed by atoms with Crippen LogP contribution in [0.4, 0.5) is 10.3 Å². The van der Waals surface area contributed by atoms with E-state index >= 15 is 0 Å². The summed E-state index contributed by atoms with van der Waals surface area (Å²) in [7, 11) is -8.25. The van der Waals surface area contributed by atoms with Gasteiger partial charge in [0.05, 0.1) is 43.1 Å². The van der Waals surface area contributed by atoms with Crippen molar-refractivity contribution in [3.05, 3.63) is 47.4 Å². The molecule has 0 saturated carbocycles. The van der Waals surface area contributed by atoms with E-state index in [-0.39, 0.29) is 48.5 Å². The number of aromatic nitrogens is 2. The van der Waals surface area contributed by atoms with Crippen molar-refractivity contribution >= 4 is 43.7 Å². The van der Waals surface area contributed by atoms with Crippen LogP contribution in [0.2, 0.25) is 18.1 Å². The minimum Gasteiger partial charge on any atom is -0.413 e. The SMILES string of the molecule is CCOP(=O)(C[C@@H](CC(=O)C=Cc1c(-c2ccc(F)cc2)nc(N(C)S(C)(=O)=O)nc1C(C)C)O[Si](C)(C)C(C)(C)C)OCC. The van der Waals surface area contributed by atoms with Gasteiger partial charge in [-0.1, -0.05) is 34.6 Å². The average molecular weight is 686 g/mol. The molecule has 0 aliphatic carbocycles. The highest BCUT2D eigenvalue weighted by atomic mass is 32.2. The number of allylic oxidation sites excluding steroid dienone is 1. The van der Waals surface area contributed by atoms with E-state index in [1.165, 1.54) is 37.4 Å². The third-order valence-corrected chi connectivity index (χ3v) is 15.5. The van der Waals surface area contributed by atoms with Gasteiger partial charge < -0.3 is 13.5 Å². The molecular formula is C31H49FN3O7PSSi. The zero-order chi connectivity index (χ0) is 34.4. The molecule has 0 aliphatic rings. The highest BCUT2D eigenvalue weighted by Gasteiger charge is 2.41. The molecule has 0 amide bonds. The summed E-state index contributed by atoms with van der Waals surface area (Å²) < 4.78 is 70.6. The van der Waals surface area contributed by atoms with Crippen LogP contribution >= 0.6 is 7.60 Å². The second kappa shape index (κ2) is 15.5. The number of benzene rings is 1. The maximum Gasteiger partial charge on any atom is 0.333 e. The van der Waals surface area contributed by atoms with Gasteiger partial charge in [-0.3, -0.25) is 9.36 Å². The van der Waals surface area contributed by atoms with Gasteiger partial charge in [-0.05, 0) is 74.3 Å². The van der Waals surface area contributed by atoms with Crippen molar-refractivity contribution in [1.82, 2.24) is 9.97 Å². The Labute approximate surface area is 269 Å². The lowest BCUT2D eigenvalue weighted by atomic mass is 9.97. The second-order valence-electron chi connectivity index (χ2n) is 12.7. The maximum absolute atomic E-state index is 13.8. The molecule has 1 aromatic carbocycles. The topological polar surface area (TPSA) is 125 Å². The number of hydrogen-bond acceptors (Lipinski definition) is 9. The average Bonchev–Trinajstić information content (AvgIpc) is 2.90. The minimum atomic E-state index is -3.68. The lowest BCUT2D eigenvalue weighted by Crippen LogP contribution is -2.45. The third kappa shape index (κ3) is 10.9. The summed E-state index contributed by atoms with van der Waals surface area (Å²) in [5.41, 5.74) is 1.86. The fraction of sp³-hybridized carbons (Fsp3) is 0.581. The van der Waals surface area contributed by atoms with E-state index < -0.39 is 37.9 Å². The van der Waals surface area contributed by atoms with Crippen LogP contribution in [0.3, 0.4) is 0 Å². The first-order valence-electron chi connectivity index (χ1n) is 15.0. The van der Waals surface area contributed by atoms with Crippen LogP contribution in [0.1, 0.15) is 72.1 Å². The van der Waals surface area contributed by atoms with Crippen LogP contribution in [-0.4, -0.2) is 71.3 Å². The Hall–Kier alpha value is -2.28. The van der Waals surface area contributed by atoms with Crippen molar-refractivity contribution in [2.45, 2.75) is 85.0 Å². The molecule has 0 saturated heterocycles.